The van der Waals surface area contributed by atoms with Crippen molar-refractivity contribution < 1.29 is 4.79 Å². The van der Waals surface area contributed by atoms with Crippen LogP contribution in [0.1, 0.15) is 43.0 Å². The van der Waals surface area contributed by atoms with Crippen molar-refractivity contribution in [2.24, 2.45) is 5.92 Å². The second-order valence-corrected chi connectivity index (χ2v) is 8.06. The average Bonchev–Trinajstić information content (AvgIpc) is 3.14. The first-order chi connectivity index (χ1) is 14.2. The number of nitrogens with one attached hydrogen (secondary N) is 3. The summed E-state index contributed by atoms with van der Waals surface area (Å²) >= 11 is 0. The highest BCUT2D eigenvalue weighted by molar-refractivity contribution is 5.86. The zero-order valence-corrected chi connectivity index (χ0v) is 16.3. The molecule has 1 aromatic carbocycles. The summed E-state index contributed by atoms with van der Waals surface area (Å²) in [6.07, 6.45) is 4.72. The van der Waals surface area contributed by atoms with E-state index in [1.807, 2.05) is 6.07 Å². The van der Waals surface area contributed by atoms with E-state index in [1.54, 1.807) is 6.07 Å². The van der Waals surface area contributed by atoms with Gasteiger partial charge in [-0.2, -0.15) is 5.10 Å². The number of piperidine rings is 1. The van der Waals surface area contributed by atoms with Gasteiger partial charge in [-0.05, 0) is 49.8 Å². The van der Waals surface area contributed by atoms with E-state index >= 15 is 0 Å². The maximum atomic E-state index is 13.0. The second kappa shape index (κ2) is 7.39. The highest BCUT2D eigenvalue weighted by atomic mass is 16.2. The van der Waals surface area contributed by atoms with Crippen LogP contribution in [0.5, 0.6) is 0 Å². The van der Waals surface area contributed by atoms with Gasteiger partial charge in [0.05, 0.1) is 6.04 Å². The topological polar surface area (TPSA) is 93.9 Å². The van der Waals surface area contributed by atoms with E-state index in [0.29, 0.717) is 0 Å². The van der Waals surface area contributed by atoms with Gasteiger partial charge in [-0.25, -0.2) is 5.10 Å². The molecule has 1 fully saturated rings. The van der Waals surface area contributed by atoms with Crippen molar-refractivity contribution in [1.82, 2.24) is 20.5 Å². The largest absolute Gasteiger partial charge is 0.356 e. The summed E-state index contributed by atoms with van der Waals surface area (Å²) in [6.45, 7) is 1.53. The molecule has 2 aliphatic rings. The molecule has 150 valence electrons. The van der Waals surface area contributed by atoms with E-state index < -0.39 is 0 Å². The maximum absolute atomic E-state index is 13.0. The Morgan fingerprint density at radius 3 is 2.72 bits per heavy atom. The monoisotopic (exact) mass is 391 g/mol. The molecule has 7 nitrogen and oxygen atoms in total. The fourth-order valence-electron chi connectivity index (χ4n) is 4.73. The van der Waals surface area contributed by atoms with Crippen molar-refractivity contribution in [3.63, 3.8) is 0 Å². The summed E-state index contributed by atoms with van der Waals surface area (Å²) in [5.74, 6) is 0.929. The highest BCUT2D eigenvalue weighted by Gasteiger charge is 2.30. The summed E-state index contributed by atoms with van der Waals surface area (Å²) in [6, 6.07) is 11.7. The number of anilines is 1. The molecular formula is C22H25N5O2. The molecule has 0 bridgehead atoms. The normalized spacial score (nSPS) is 19.9. The van der Waals surface area contributed by atoms with E-state index in [2.05, 4.69) is 43.6 Å². The van der Waals surface area contributed by atoms with E-state index in [0.717, 1.165) is 56.5 Å². The fourth-order valence-corrected chi connectivity index (χ4v) is 4.73. The third-order valence-corrected chi connectivity index (χ3v) is 6.29. The lowest BCUT2D eigenvalue weighted by Gasteiger charge is -2.33. The van der Waals surface area contributed by atoms with Gasteiger partial charge >= 0.3 is 0 Å². The number of H-pyrrole nitrogens is 2. The summed E-state index contributed by atoms with van der Waals surface area (Å²) in [4.78, 5) is 29.8. The number of aromatic amines is 2. The number of benzene rings is 1. The van der Waals surface area contributed by atoms with Gasteiger partial charge in [-0.3, -0.25) is 9.59 Å². The molecular weight excluding hydrogens is 366 g/mol. The van der Waals surface area contributed by atoms with Crippen LogP contribution in [-0.2, 0) is 11.2 Å². The van der Waals surface area contributed by atoms with Crippen molar-refractivity contribution in [2.75, 3.05) is 18.0 Å². The van der Waals surface area contributed by atoms with Crippen LogP contribution in [0.2, 0.25) is 0 Å². The molecule has 1 aliphatic heterocycles. The van der Waals surface area contributed by atoms with Crippen LogP contribution in [0.4, 0.5) is 5.82 Å². The van der Waals surface area contributed by atoms with Gasteiger partial charge in [0, 0.05) is 41.7 Å². The van der Waals surface area contributed by atoms with Crippen molar-refractivity contribution in [2.45, 2.75) is 38.1 Å². The number of fused-ring (bicyclic) bond motifs is 3. The molecule has 3 N–H and O–H groups in total. The zero-order valence-electron chi connectivity index (χ0n) is 16.3. The summed E-state index contributed by atoms with van der Waals surface area (Å²) in [5.41, 5.74) is 3.49. The number of hydrogen-bond acceptors (Lipinski definition) is 4. The molecule has 1 aliphatic carbocycles. The van der Waals surface area contributed by atoms with Gasteiger partial charge in [0.2, 0.25) is 5.91 Å². The maximum Gasteiger partial charge on any atom is 0.264 e. The van der Waals surface area contributed by atoms with Crippen molar-refractivity contribution in [3.05, 3.63) is 58.0 Å². The molecule has 1 atom stereocenters. The molecule has 3 aromatic rings. The molecule has 0 radical (unpaired) electrons. The summed E-state index contributed by atoms with van der Waals surface area (Å²) < 4.78 is 0. The standard InChI is InChI=1S/C22H25N5O2/c28-20-9-8-19(25-26-20)27-12-10-14(11-13-27)22(29)24-18-7-3-5-16-15-4-1-2-6-17(15)23-21(16)18/h1-2,4,6,8-9,14,18,23H,3,5,7,10-13H2,(H,24,29)(H,26,28)/t18-/m1/s1. The summed E-state index contributed by atoms with van der Waals surface area (Å²) in [5, 5.41) is 11.2. The first-order valence-electron chi connectivity index (χ1n) is 10.4. The zero-order chi connectivity index (χ0) is 19.8. The Balaban J connectivity index is 1.25. The van der Waals surface area contributed by atoms with Crippen LogP contribution in [0.15, 0.2) is 41.2 Å². The first-order valence-corrected chi connectivity index (χ1v) is 10.4. The molecule has 5 rings (SSSR count). The Morgan fingerprint density at radius 1 is 1.10 bits per heavy atom. The highest BCUT2D eigenvalue weighted by Crippen LogP contribution is 2.35. The van der Waals surface area contributed by atoms with E-state index in [1.165, 1.54) is 22.7 Å². The minimum absolute atomic E-state index is 0.0174. The average molecular weight is 391 g/mol. The number of aryl methyl sites for hydroxylation is 1. The van der Waals surface area contributed by atoms with Gasteiger partial charge in [0.15, 0.2) is 0 Å². The SMILES string of the molecule is O=C(N[C@@H]1CCCc2c1[nH]c1ccccc21)C1CCN(c2ccc(=O)[nH]n2)CC1. The number of para-hydroxylation sites is 1. The number of hydrogen-bond donors (Lipinski definition) is 3. The van der Waals surface area contributed by atoms with Gasteiger partial charge in [-0.15, -0.1) is 0 Å². The van der Waals surface area contributed by atoms with Gasteiger partial charge in [-0.1, -0.05) is 18.2 Å². The lowest BCUT2D eigenvalue weighted by atomic mass is 9.90. The van der Waals surface area contributed by atoms with Crippen LogP contribution in [0.3, 0.4) is 0 Å². The number of carbonyl (C=O) groups is 1. The Labute approximate surface area is 168 Å². The number of aromatic nitrogens is 3. The Bertz CT molecular complexity index is 1070. The molecule has 0 saturated carbocycles. The van der Waals surface area contributed by atoms with Crippen molar-refractivity contribution >= 4 is 22.6 Å². The minimum atomic E-state index is -0.202. The number of carbonyl (C=O) groups excluding carboxylic acids is 1. The van der Waals surface area contributed by atoms with E-state index in [-0.39, 0.29) is 23.4 Å². The minimum Gasteiger partial charge on any atom is -0.356 e. The van der Waals surface area contributed by atoms with Crippen molar-refractivity contribution in [1.29, 1.82) is 0 Å². The third-order valence-electron chi connectivity index (χ3n) is 6.29. The molecule has 3 heterocycles. The lowest BCUT2D eigenvalue weighted by Crippen LogP contribution is -2.42. The van der Waals surface area contributed by atoms with Crippen LogP contribution >= 0.6 is 0 Å². The van der Waals surface area contributed by atoms with Crippen LogP contribution in [0, 0.1) is 5.92 Å². The number of nitrogens with zero attached hydrogens (tertiary/aromatic N) is 2. The predicted molar refractivity (Wildman–Crippen MR) is 112 cm³/mol. The van der Waals surface area contributed by atoms with Gasteiger partial charge in [0.1, 0.15) is 5.82 Å². The quantitative estimate of drug-likeness (QED) is 0.640. The molecule has 1 saturated heterocycles. The van der Waals surface area contributed by atoms with E-state index in [4.69, 9.17) is 0 Å². The summed E-state index contributed by atoms with van der Waals surface area (Å²) in [7, 11) is 0. The predicted octanol–water partition coefficient (Wildman–Crippen LogP) is 2.66. The fraction of sp³-hybridized carbons (Fsp3) is 0.409. The molecule has 1 amide bonds. The van der Waals surface area contributed by atoms with Crippen LogP contribution in [0.25, 0.3) is 10.9 Å². The van der Waals surface area contributed by atoms with Crippen molar-refractivity contribution in [3.8, 4) is 0 Å². The van der Waals surface area contributed by atoms with Gasteiger partial charge in [0.25, 0.3) is 5.56 Å². The molecule has 0 unspecified atom stereocenters. The molecule has 29 heavy (non-hydrogen) atoms. The van der Waals surface area contributed by atoms with Crippen LogP contribution in [-0.4, -0.2) is 34.2 Å². The third kappa shape index (κ3) is 3.41. The Hall–Kier alpha value is -3.09. The van der Waals surface area contributed by atoms with E-state index in [9.17, 15) is 9.59 Å². The number of amides is 1. The Morgan fingerprint density at radius 2 is 1.93 bits per heavy atom. The molecule has 7 heteroatoms. The smallest absolute Gasteiger partial charge is 0.264 e. The molecule has 2 aromatic heterocycles. The Kier molecular flexibility index (Phi) is 4.58. The lowest BCUT2D eigenvalue weighted by molar-refractivity contribution is -0.126. The number of rotatable bonds is 3. The van der Waals surface area contributed by atoms with Crippen LogP contribution < -0.4 is 15.8 Å². The first kappa shape index (κ1) is 18.0. The van der Waals surface area contributed by atoms with Gasteiger partial charge < -0.3 is 15.2 Å². The molecule has 0 spiro atoms. The second-order valence-electron chi connectivity index (χ2n) is 8.06.